The average Bonchev–Trinajstić information content (AvgIpc) is 3.04. The van der Waals surface area contributed by atoms with Gasteiger partial charge in [0.15, 0.2) is 0 Å². The van der Waals surface area contributed by atoms with Crippen LogP contribution in [-0.4, -0.2) is 10.5 Å². The third-order valence-corrected chi connectivity index (χ3v) is 4.76. The van der Waals surface area contributed by atoms with Gasteiger partial charge < -0.3 is 9.88 Å². The molecule has 0 spiro atoms. The number of hydrogen-bond acceptors (Lipinski definition) is 3. The van der Waals surface area contributed by atoms with Gasteiger partial charge in [-0.2, -0.15) is 10.5 Å². The van der Waals surface area contributed by atoms with E-state index in [1.165, 1.54) is 0 Å². The van der Waals surface area contributed by atoms with E-state index in [-0.39, 0.29) is 5.57 Å². The van der Waals surface area contributed by atoms with Gasteiger partial charge in [0, 0.05) is 33.7 Å². The molecule has 0 saturated carbocycles. The molecule has 3 aromatic rings. The van der Waals surface area contributed by atoms with Crippen molar-refractivity contribution in [3.63, 3.8) is 0 Å². The van der Waals surface area contributed by atoms with Crippen molar-refractivity contribution in [2.24, 2.45) is 0 Å². The first-order valence-corrected chi connectivity index (χ1v) is 9.06. The minimum absolute atomic E-state index is 0.00828. The van der Waals surface area contributed by atoms with Gasteiger partial charge in [-0.05, 0) is 40.2 Å². The first kappa shape index (κ1) is 18.4. The van der Waals surface area contributed by atoms with Crippen molar-refractivity contribution in [1.29, 1.82) is 10.5 Å². The second-order valence-corrected chi connectivity index (χ2v) is 6.66. The Bertz CT molecular complexity index is 1120. The molecule has 1 N–H and O–H groups in total. The van der Waals surface area contributed by atoms with Gasteiger partial charge >= 0.3 is 0 Å². The van der Waals surface area contributed by atoms with Crippen LogP contribution in [0.1, 0.15) is 12.0 Å². The molecular weight excluding hydrogens is 404 g/mol. The smallest absolute Gasteiger partial charge is 0.266 e. The van der Waals surface area contributed by atoms with Crippen LogP contribution in [0.4, 0.5) is 5.69 Å². The van der Waals surface area contributed by atoms with E-state index >= 15 is 0 Å². The number of anilines is 1. The van der Waals surface area contributed by atoms with Crippen molar-refractivity contribution in [2.75, 3.05) is 5.32 Å². The summed E-state index contributed by atoms with van der Waals surface area (Å²) >= 11 is 3.38. The number of fused-ring (bicyclic) bond motifs is 1. The Morgan fingerprint density at radius 2 is 1.89 bits per heavy atom. The molecule has 1 amide bonds. The zero-order valence-corrected chi connectivity index (χ0v) is 15.9. The number of nitrogens with zero attached hydrogens (tertiary/aromatic N) is 3. The Morgan fingerprint density at radius 3 is 2.63 bits per heavy atom. The van der Waals surface area contributed by atoms with Gasteiger partial charge in [0.2, 0.25) is 0 Å². The van der Waals surface area contributed by atoms with Crippen LogP contribution in [0.3, 0.4) is 0 Å². The van der Waals surface area contributed by atoms with Gasteiger partial charge in [-0.1, -0.05) is 30.3 Å². The Kier molecular flexibility index (Phi) is 5.71. The fourth-order valence-corrected chi connectivity index (χ4v) is 3.19. The number of nitriles is 2. The fourth-order valence-electron chi connectivity index (χ4n) is 2.80. The van der Waals surface area contributed by atoms with Crippen LogP contribution in [0.15, 0.2) is 64.8 Å². The van der Waals surface area contributed by atoms with Gasteiger partial charge in [-0.3, -0.25) is 4.79 Å². The van der Waals surface area contributed by atoms with E-state index in [1.807, 2.05) is 53.2 Å². The highest BCUT2D eigenvalue weighted by atomic mass is 79.9. The number of aryl methyl sites for hydroxylation is 1. The molecule has 0 atom stereocenters. The summed E-state index contributed by atoms with van der Waals surface area (Å²) in [5.74, 6) is -0.474. The first-order chi connectivity index (χ1) is 13.1. The number of aromatic nitrogens is 1. The summed E-state index contributed by atoms with van der Waals surface area (Å²) in [5.41, 5.74) is 2.33. The Balaban J connectivity index is 1.96. The number of rotatable bonds is 5. The number of carbonyl (C=O) groups is 1. The molecule has 0 aliphatic heterocycles. The molecule has 0 bridgehead atoms. The molecule has 0 radical (unpaired) electrons. The number of amides is 1. The van der Waals surface area contributed by atoms with E-state index in [4.69, 9.17) is 5.26 Å². The van der Waals surface area contributed by atoms with Crippen LogP contribution >= 0.6 is 15.9 Å². The second-order valence-electron chi connectivity index (χ2n) is 5.81. The van der Waals surface area contributed by atoms with Crippen molar-refractivity contribution in [3.8, 4) is 12.1 Å². The lowest BCUT2D eigenvalue weighted by Gasteiger charge is -2.06. The predicted octanol–water partition coefficient (Wildman–Crippen LogP) is 4.86. The first-order valence-electron chi connectivity index (χ1n) is 8.26. The SMILES string of the molecule is N#CCCn1cc(/C=C(\C#N)C(=O)Nc2ccccc2Br)c2ccccc21. The van der Waals surface area contributed by atoms with Crippen molar-refractivity contribution >= 4 is 44.5 Å². The predicted molar refractivity (Wildman–Crippen MR) is 109 cm³/mol. The van der Waals surface area contributed by atoms with Crippen molar-refractivity contribution in [3.05, 3.63) is 70.3 Å². The number of para-hydroxylation sites is 2. The molecule has 0 fully saturated rings. The zero-order valence-electron chi connectivity index (χ0n) is 14.3. The number of benzene rings is 2. The molecule has 3 rings (SSSR count). The largest absolute Gasteiger partial charge is 0.346 e. The molecule has 0 aliphatic rings. The molecule has 27 heavy (non-hydrogen) atoms. The van der Waals surface area contributed by atoms with Crippen molar-refractivity contribution in [1.82, 2.24) is 4.57 Å². The fraction of sp³-hybridized carbons (Fsp3) is 0.0952. The second kappa shape index (κ2) is 8.35. The summed E-state index contributed by atoms with van der Waals surface area (Å²) in [6, 6.07) is 19.0. The summed E-state index contributed by atoms with van der Waals surface area (Å²) < 4.78 is 2.70. The number of carbonyl (C=O) groups excluding carboxylic acids is 1. The molecule has 0 unspecified atom stereocenters. The minimum Gasteiger partial charge on any atom is -0.346 e. The standard InChI is InChI=1S/C21H15BrN4O/c22-18-7-2-3-8-19(18)25-21(27)15(13-24)12-16-14-26(11-5-10-23)20-9-4-1-6-17(16)20/h1-4,6-9,12,14H,5,11H2,(H,25,27)/b15-12+. The summed E-state index contributed by atoms with van der Waals surface area (Å²) in [6.45, 7) is 0.551. The highest BCUT2D eigenvalue weighted by Gasteiger charge is 2.13. The average molecular weight is 419 g/mol. The molecule has 5 nitrogen and oxygen atoms in total. The van der Waals surface area contributed by atoms with E-state index < -0.39 is 5.91 Å². The van der Waals surface area contributed by atoms with E-state index in [9.17, 15) is 10.1 Å². The van der Waals surface area contributed by atoms with E-state index in [1.54, 1.807) is 18.2 Å². The number of nitrogens with one attached hydrogen (secondary N) is 1. The monoisotopic (exact) mass is 418 g/mol. The molecular formula is C21H15BrN4O. The summed E-state index contributed by atoms with van der Waals surface area (Å²) in [4.78, 5) is 12.5. The summed E-state index contributed by atoms with van der Waals surface area (Å²) in [6.07, 6.45) is 3.83. The molecule has 6 heteroatoms. The minimum atomic E-state index is -0.474. The van der Waals surface area contributed by atoms with E-state index in [2.05, 4.69) is 27.3 Å². The lowest BCUT2D eigenvalue weighted by molar-refractivity contribution is -0.112. The third-order valence-electron chi connectivity index (χ3n) is 4.07. The van der Waals surface area contributed by atoms with Gasteiger partial charge in [-0.15, -0.1) is 0 Å². The van der Waals surface area contributed by atoms with E-state index in [0.29, 0.717) is 18.7 Å². The Morgan fingerprint density at radius 1 is 1.15 bits per heavy atom. The van der Waals surface area contributed by atoms with Crippen molar-refractivity contribution in [2.45, 2.75) is 13.0 Å². The van der Waals surface area contributed by atoms with Crippen LogP contribution in [-0.2, 0) is 11.3 Å². The van der Waals surface area contributed by atoms with Gasteiger partial charge in [-0.25, -0.2) is 0 Å². The Hall–Kier alpha value is -3.35. The lowest BCUT2D eigenvalue weighted by Crippen LogP contribution is -2.13. The maximum absolute atomic E-state index is 12.5. The third kappa shape index (κ3) is 4.08. The summed E-state index contributed by atoms with van der Waals surface area (Å²) in [5, 5.41) is 22.0. The van der Waals surface area contributed by atoms with Gasteiger partial charge in [0.1, 0.15) is 11.6 Å². The quantitative estimate of drug-likeness (QED) is 0.474. The molecule has 1 aromatic heterocycles. The molecule has 132 valence electrons. The molecule has 2 aromatic carbocycles. The molecule has 0 aliphatic carbocycles. The Labute approximate surface area is 165 Å². The van der Waals surface area contributed by atoms with E-state index in [0.717, 1.165) is 20.9 Å². The zero-order chi connectivity index (χ0) is 19.2. The normalized spacial score (nSPS) is 11.0. The van der Waals surface area contributed by atoms with Crippen LogP contribution < -0.4 is 5.32 Å². The maximum Gasteiger partial charge on any atom is 0.266 e. The summed E-state index contributed by atoms with van der Waals surface area (Å²) in [7, 11) is 0. The number of halogens is 1. The van der Waals surface area contributed by atoms with Crippen LogP contribution in [0.2, 0.25) is 0 Å². The lowest BCUT2D eigenvalue weighted by atomic mass is 10.1. The molecule has 1 heterocycles. The molecule has 0 saturated heterocycles. The van der Waals surface area contributed by atoms with Crippen LogP contribution in [0.25, 0.3) is 17.0 Å². The topological polar surface area (TPSA) is 81.6 Å². The van der Waals surface area contributed by atoms with Gasteiger partial charge in [0.25, 0.3) is 5.91 Å². The van der Waals surface area contributed by atoms with Crippen molar-refractivity contribution < 1.29 is 4.79 Å². The highest BCUT2D eigenvalue weighted by Crippen LogP contribution is 2.25. The number of hydrogen-bond donors (Lipinski definition) is 1. The maximum atomic E-state index is 12.5. The highest BCUT2D eigenvalue weighted by molar-refractivity contribution is 9.10. The van der Waals surface area contributed by atoms with Crippen LogP contribution in [0.5, 0.6) is 0 Å². The van der Waals surface area contributed by atoms with Gasteiger partial charge in [0.05, 0.1) is 18.2 Å². The van der Waals surface area contributed by atoms with Crippen LogP contribution in [0, 0.1) is 22.7 Å².